The van der Waals surface area contributed by atoms with E-state index < -0.39 is 7.60 Å². The Morgan fingerprint density at radius 2 is 1.21 bits per heavy atom. The Kier molecular flexibility index (Phi) is 10.1. The van der Waals surface area contributed by atoms with E-state index in [1.807, 2.05) is 41.5 Å². The average Bonchev–Trinajstić information content (AvgIpc) is 2.41. The van der Waals surface area contributed by atoms with Crippen molar-refractivity contribution in [2.75, 3.05) is 14.2 Å². The van der Waals surface area contributed by atoms with E-state index >= 15 is 0 Å². The molecule has 0 aliphatic heterocycles. The van der Waals surface area contributed by atoms with Gasteiger partial charge in [0.05, 0.1) is 6.16 Å². The summed E-state index contributed by atoms with van der Waals surface area (Å²) in [4.78, 5) is 18.5. The number of rotatable bonds is 2. The smallest absolute Gasteiger partial charge is 0.329 e. The van der Waals surface area contributed by atoms with Crippen LogP contribution in [0.2, 0.25) is 0 Å². The number of aliphatic hydroxyl groups is 2. The third-order valence-corrected chi connectivity index (χ3v) is 3.97. The summed E-state index contributed by atoms with van der Waals surface area (Å²) in [5.74, 6) is 0.178. The van der Waals surface area contributed by atoms with Crippen molar-refractivity contribution in [3.63, 3.8) is 0 Å². The van der Waals surface area contributed by atoms with Gasteiger partial charge in [0.2, 0.25) is 0 Å². The zero-order valence-electron chi connectivity index (χ0n) is 16.0. The molecular weight excluding hydrogens is 331 g/mol. The first-order valence-corrected chi connectivity index (χ1v) is 9.32. The van der Waals surface area contributed by atoms with Gasteiger partial charge in [-0.15, -0.1) is 0 Å². The Hall–Kier alpha value is -0.910. The van der Waals surface area contributed by atoms with Crippen molar-refractivity contribution >= 4 is 7.60 Å². The monoisotopic (exact) mass is 364 g/mol. The molecule has 6 nitrogen and oxygen atoms in total. The molecule has 0 aliphatic rings. The molecule has 24 heavy (non-hydrogen) atoms. The van der Waals surface area contributed by atoms with Gasteiger partial charge in [0.25, 0.3) is 0 Å². The van der Waals surface area contributed by atoms with Gasteiger partial charge in [-0.3, -0.25) is 4.57 Å². The number of hydrogen-bond acceptors (Lipinski definition) is 4. The van der Waals surface area contributed by atoms with E-state index in [2.05, 4.69) is 0 Å². The first-order chi connectivity index (χ1) is 10.7. The molecule has 0 saturated heterocycles. The maximum atomic E-state index is 11.4. The molecule has 1 aromatic carbocycles. The summed E-state index contributed by atoms with van der Waals surface area (Å²) in [5.41, 5.74) is 1.50. The second-order valence-electron chi connectivity index (χ2n) is 7.35. The summed E-state index contributed by atoms with van der Waals surface area (Å²) in [6, 6.07) is 3.38. The quantitative estimate of drug-likeness (QED) is 0.515. The largest absolute Gasteiger partial charge is 0.508 e. The maximum absolute atomic E-state index is 11.4. The molecule has 0 bridgehead atoms. The fourth-order valence-corrected chi connectivity index (χ4v) is 2.99. The Bertz CT molecular complexity index is 549. The van der Waals surface area contributed by atoms with E-state index in [9.17, 15) is 19.5 Å². The van der Waals surface area contributed by atoms with E-state index in [1.54, 1.807) is 12.1 Å². The third-order valence-electron chi connectivity index (χ3n) is 3.21. The van der Waals surface area contributed by atoms with Crippen molar-refractivity contribution in [3.05, 3.63) is 28.8 Å². The van der Waals surface area contributed by atoms with E-state index in [0.717, 1.165) is 19.8 Å². The molecule has 1 rings (SSSR count). The highest BCUT2D eigenvalue weighted by Gasteiger charge is 2.27. The summed E-state index contributed by atoms with van der Waals surface area (Å²) in [5, 5.41) is 24.2. The summed E-state index contributed by atoms with van der Waals surface area (Å²) in [6.45, 7) is 11.8. The third kappa shape index (κ3) is 8.27. The minimum atomic E-state index is -4.15. The molecule has 0 fully saturated rings. The fourth-order valence-electron chi connectivity index (χ4n) is 2.28. The molecule has 0 heterocycles. The normalized spacial score (nSPS) is 11.8. The zero-order valence-corrected chi connectivity index (χ0v) is 16.8. The minimum absolute atomic E-state index is 0.178. The molecule has 0 saturated carbocycles. The Balaban J connectivity index is 0. The lowest BCUT2D eigenvalue weighted by atomic mass is 9.79. The molecule has 7 heteroatoms. The van der Waals surface area contributed by atoms with E-state index in [4.69, 9.17) is 10.2 Å². The molecule has 1 aromatic rings. The number of phenols is 1. The van der Waals surface area contributed by atoms with Crippen LogP contribution in [0.15, 0.2) is 12.1 Å². The Labute approximate surface area is 145 Å². The minimum Gasteiger partial charge on any atom is -0.508 e. The zero-order chi connectivity index (χ0) is 19.9. The number of aliphatic hydroxyl groups excluding tert-OH is 2. The van der Waals surface area contributed by atoms with Crippen LogP contribution in [0.3, 0.4) is 0 Å². The second-order valence-corrected chi connectivity index (χ2v) is 8.99. The van der Waals surface area contributed by atoms with Crippen molar-refractivity contribution in [1.82, 2.24) is 0 Å². The van der Waals surface area contributed by atoms with E-state index in [1.165, 1.54) is 0 Å². The lowest BCUT2D eigenvalue weighted by Gasteiger charge is -2.28. The van der Waals surface area contributed by atoms with Crippen LogP contribution in [-0.2, 0) is 21.6 Å². The number of hydrogen-bond donors (Lipinski definition) is 5. The average molecular weight is 364 g/mol. The van der Waals surface area contributed by atoms with Crippen LogP contribution >= 0.6 is 7.60 Å². The second kappa shape index (κ2) is 9.54. The molecular formula is C17H33O6P. The van der Waals surface area contributed by atoms with Crippen LogP contribution in [0, 0.1) is 0 Å². The highest BCUT2D eigenvalue weighted by Crippen LogP contribution is 2.44. The highest BCUT2D eigenvalue weighted by atomic mass is 31.2. The topological polar surface area (TPSA) is 118 Å². The van der Waals surface area contributed by atoms with Crippen molar-refractivity contribution in [3.8, 4) is 5.75 Å². The standard InChI is InChI=1S/C15H25O4P.2CH4O/c1-14(2,3)11-8-13(16)12(15(4,5)6)7-10(11)9-20(17,18)19;2*1-2/h7-8,16H,9H2,1-6H3,(H2,17,18,19);2*2H,1H3. The van der Waals surface area contributed by atoms with Crippen LogP contribution in [0.4, 0.5) is 0 Å². The van der Waals surface area contributed by atoms with Crippen LogP contribution < -0.4 is 0 Å². The number of phenolic OH excluding ortho intramolecular Hbond substituents is 1. The van der Waals surface area contributed by atoms with E-state index in [-0.39, 0.29) is 22.7 Å². The van der Waals surface area contributed by atoms with E-state index in [0.29, 0.717) is 11.1 Å². The molecule has 0 spiro atoms. The van der Waals surface area contributed by atoms with Crippen molar-refractivity contribution in [1.29, 1.82) is 0 Å². The molecule has 142 valence electrons. The Morgan fingerprint density at radius 1 is 0.833 bits per heavy atom. The summed E-state index contributed by atoms with van der Waals surface area (Å²) in [6.07, 6.45) is -0.303. The molecule has 0 unspecified atom stereocenters. The van der Waals surface area contributed by atoms with Crippen LogP contribution in [0.1, 0.15) is 58.2 Å². The molecule has 0 aromatic heterocycles. The molecule has 5 N–H and O–H groups in total. The SMILES string of the molecule is CC(C)(C)c1cc(CP(=O)(O)O)c(C(C)(C)C)cc1O.CO.CO. The van der Waals surface area contributed by atoms with Gasteiger partial charge >= 0.3 is 7.60 Å². The van der Waals surface area contributed by atoms with Gasteiger partial charge < -0.3 is 25.1 Å². The first kappa shape index (κ1) is 25.3. The predicted molar refractivity (Wildman–Crippen MR) is 97.5 cm³/mol. The number of aromatic hydroxyl groups is 1. The van der Waals surface area contributed by atoms with Gasteiger partial charge in [0, 0.05) is 14.2 Å². The van der Waals surface area contributed by atoms with Crippen LogP contribution in [0.25, 0.3) is 0 Å². The van der Waals surface area contributed by atoms with Gasteiger partial charge in [-0.2, -0.15) is 0 Å². The first-order valence-electron chi connectivity index (χ1n) is 7.53. The van der Waals surface area contributed by atoms with Gasteiger partial charge in [0.1, 0.15) is 5.75 Å². The summed E-state index contributed by atoms with van der Waals surface area (Å²) >= 11 is 0. The van der Waals surface area contributed by atoms with Gasteiger partial charge in [-0.05, 0) is 33.6 Å². The lowest BCUT2D eigenvalue weighted by Crippen LogP contribution is -2.18. The molecule has 0 atom stereocenters. The highest BCUT2D eigenvalue weighted by molar-refractivity contribution is 7.50. The van der Waals surface area contributed by atoms with Crippen LogP contribution in [0.5, 0.6) is 5.75 Å². The van der Waals surface area contributed by atoms with Crippen molar-refractivity contribution < 1.29 is 29.7 Å². The van der Waals surface area contributed by atoms with Crippen LogP contribution in [-0.4, -0.2) is 39.3 Å². The predicted octanol–water partition coefficient (Wildman–Crippen LogP) is 2.88. The fraction of sp³-hybridized carbons (Fsp3) is 0.647. The van der Waals surface area contributed by atoms with Crippen molar-refractivity contribution in [2.24, 2.45) is 0 Å². The number of benzene rings is 1. The van der Waals surface area contributed by atoms with Crippen molar-refractivity contribution in [2.45, 2.75) is 58.5 Å². The van der Waals surface area contributed by atoms with Gasteiger partial charge in [0.15, 0.2) is 0 Å². The Morgan fingerprint density at radius 3 is 1.50 bits per heavy atom. The van der Waals surface area contributed by atoms with Gasteiger partial charge in [-0.25, -0.2) is 0 Å². The molecule has 0 amide bonds. The van der Waals surface area contributed by atoms with Gasteiger partial charge in [-0.1, -0.05) is 47.6 Å². The summed E-state index contributed by atoms with van der Waals surface area (Å²) in [7, 11) is -2.15. The molecule has 0 radical (unpaired) electrons. The maximum Gasteiger partial charge on any atom is 0.329 e. The molecule has 0 aliphatic carbocycles. The summed E-state index contributed by atoms with van der Waals surface area (Å²) < 4.78 is 11.4. The lowest BCUT2D eigenvalue weighted by molar-refractivity contribution is 0.371.